The number of pyridine rings is 1. The van der Waals surface area contributed by atoms with Crippen molar-refractivity contribution in [2.45, 2.75) is 32.8 Å². The zero-order valence-electron chi connectivity index (χ0n) is 10.3. The summed E-state index contributed by atoms with van der Waals surface area (Å²) in [4.78, 5) is 6.44. The van der Waals surface area contributed by atoms with Gasteiger partial charge in [-0.1, -0.05) is 26.3 Å². The van der Waals surface area contributed by atoms with E-state index in [-0.39, 0.29) is 0 Å². The van der Waals surface area contributed by atoms with Crippen LogP contribution in [0.15, 0.2) is 24.4 Å². The van der Waals surface area contributed by atoms with Gasteiger partial charge in [0.25, 0.3) is 0 Å². The van der Waals surface area contributed by atoms with Gasteiger partial charge < -0.3 is 10.0 Å². The second kappa shape index (κ2) is 7.36. The maximum absolute atomic E-state index is 10.0. The average molecular weight is 222 g/mol. The summed E-state index contributed by atoms with van der Waals surface area (Å²) in [6.45, 7) is 7.01. The smallest absolute Gasteiger partial charge is 0.109 e. The molecule has 1 rings (SSSR count). The number of aliphatic hydroxyl groups excluding tert-OH is 1. The first kappa shape index (κ1) is 13.1. The number of aromatic nitrogens is 1. The number of unbranched alkanes of at least 4 members (excludes halogenated alkanes) is 1. The molecule has 1 atom stereocenters. The number of rotatable bonds is 7. The molecule has 3 heteroatoms. The van der Waals surface area contributed by atoms with Gasteiger partial charge in [-0.25, -0.2) is 0 Å². The van der Waals surface area contributed by atoms with Crippen molar-refractivity contribution in [3.63, 3.8) is 0 Å². The molecule has 0 fully saturated rings. The quantitative estimate of drug-likeness (QED) is 0.768. The van der Waals surface area contributed by atoms with Gasteiger partial charge in [-0.3, -0.25) is 4.98 Å². The fraction of sp³-hybridized carbons (Fsp3) is 0.615. The minimum Gasteiger partial charge on any atom is -0.385 e. The van der Waals surface area contributed by atoms with Crippen LogP contribution in [0.25, 0.3) is 0 Å². The van der Waals surface area contributed by atoms with Crippen LogP contribution in [0.4, 0.5) is 0 Å². The molecule has 0 aliphatic heterocycles. The molecule has 1 unspecified atom stereocenters. The Bertz CT molecular complexity index is 277. The van der Waals surface area contributed by atoms with Gasteiger partial charge in [0.1, 0.15) is 6.10 Å². The Morgan fingerprint density at radius 3 is 2.75 bits per heavy atom. The van der Waals surface area contributed by atoms with Gasteiger partial charge in [-0.05, 0) is 31.6 Å². The minimum atomic E-state index is -0.474. The van der Waals surface area contributed by atoms with Crippen LogP contribution in [0.2, 0.25) is 0 Å². The fourth-order valence-electron chi connectivity index (χ4n) is 1.67. The van der Waals surface area contributed by atoms with Crippen molar-refractivity contribution in [3.05, 3.63) is 30.1 Å². The molecule has 1 heterocycles. The molecule has 0 aromatic carbocycles. The van der Waals surface area contributed by atoms with E-state index < -0.39 is 6.10 Å². The van der Waals surface area contributed by atoms with Crippen molar-refractivity contribution in [1.29, 1.82) is 0 Å². The van der Waals surface area contributed by atoms with Crippen LogP contribution >= 0.6 is 0 Å². The molecule has 0 amide bonds. The van der Waals surface area contributed by atoms with Crippen molar-refractivity contribution in [3.8, 4) is 0 Å². The highest BCUT2D eigenvalue weighted by Crippen LogP contribution is 2.11. The Balaban J connectivity index is 2.45. The Kier molecular flexibility index (Phi) is 6.04. The highest BCUT2D eigenvalue weighted by molar-refractivity contribution is 5.06. The first-order valence-corrected chi connectivity index (χ1v) is 6.09. The van der Waals surface area contributed by atoms with Crippen molar-refractivity contribution in [2.75, 3.05) is 19.6 Å². The average Bonchev–Trinajstić information content (AvgIpc) is 2.35. The standard InChI is InChI=1S/C13H22N2O/c1-3-5-10-15(4-2)11-13(16)12-8-6-7-9-14-12/h6-9,13,16H,3-5,10-11H2,1-2H3. The van der Waals surface area contributed by atoms with E-state index in [0.717, 1.165) is 18.8 Å². The van der Waals surface area contributed by atoms with Crippen LogP contribution in [0.1, 0.15) is 38.5 Å². The molecule has 1 aromatic rings. The molecule has 0 saturated heterocycles. The van der Waals surface area contributed by atoms with E-state index >= 15 is 0 Å². The Hall–Kier alpha value is -0.930. The van der Waals surface area contributed by atoms with Gasteiger partial charge in [0.2, 0.25) is 0 Å². The molecule has 90 valence electrons. The predicted octanol–water partition coefficient (Wildman–Crippen LogP) is 2.24. The largest absolute Gasteiger partial charge is 0.385 e. The van der Waals surface area contributed by atoms with Gasteiger partial charge >= 0.3 is 0 Å². The second-order valence-corrected chi connectivity index (χ2v) is 4.02. The van der Waals surface area contributed by atoms with Gasteiger partial charge in [0.05, 0.1) is 5.69 Å². The summed E-state index contributed by atoms with van der Waals surface area (Å²) in [6.07, 6.45) is 3.62. The van der Waals surface area contributed by atoms with Gasteiger partial charge in [-0.2, -0.15) is 0 Å². The lowest BCUT2D eigenvalue weighted by Gasteiger charge is -2.23. The topological polar surface area (TPSA) is 36.4 Å². The molecule has 0 bridgehead atoms. The lowest BCUT2D eigenvalue weighted by Crippen LogP contribution is -2.29. The number of nitrogens with zero attached hydrogens (tertiary/aromatic N) is 2. The molecule has 3 nitrogen and oxygen atoms in total. The van der Waals surface area contributed by atoms with E-state index in [1.54, 1.807) is 6.20 Å². The monoisotopic (exact) mass is 222 g/mol. The third-order valence-electron chi connectivity index (χ3n) is 2.74. The van der Waals surface area contributed by atoms with Crippen molar-refractivity contribution < 1.29 is 5.11 Å². The first-order valence-electron chi connectivity index (χ1n) is 6.09. The Morgan fingerprint density at radius 1 is 1.38 bits per heavy atom. The number of aliphatic hydroxyl groups is 1. The normalized spacial score (nSPS) is 13.0. The van der Waals surface area contributed by atoms with Crippen molar-refractivity contribution in [2.24, 2.45) is 0 Å². The zero-order valence-corrected chi connectivity index (χ0v) is 10.3. The van der Waals surface area contributed by atoms with Crippen LogP contribution in [0.5, 0.6) is 0 Å². The lowest BCUT2D eigenvalue weighted by atomic mass is 10.2. The summed E-state index contributed by atoms with van der Waals surface area (Å²) < 4.78 is 0. The minimum absolute atomic E-state index is 0.474. The number of hydrogen-bond acceptors (Lipinski definition) is 3. The molecule has 0 aliphatic rings. The number of likely N-dealkylation sites (N-methyl/N-ethyl adjacent to an activating group) is 1. The SMILES string of the molecule is CCCCN(CC)CC(O)c1ccccn1. The van der Waals surface area contributed by atoms with E-state index in [2.05, 4.69) is 23.7 Å². The zero-order chi connectivity index (χ0) is 11.8. The summed E-state index contributed by atoms with van der Waals surface area (Å²) in [5.41, 5.74) is 0.762. The third kappa shape index (κ3) is 4.29. The summed E-state index contributed by atoms with van der Waals surface area (Å²) in [7, 11) is 0. The van der Waals surface area contributed by atoms with Crippen LogP contribution in [0, 0.1) is 0 Å². The van der Waals surface area contributed by atoms with Gasteiger partial charge in [-0.15, -0.1) is 0 Å². The van der Waals surface area contributed by atoms with Gasteiger partial charge in [0.15, 0.2) is 0 Å². The van der Waals surface area contributed by atoms with Crippen molar-refractivity contribution >= 4 is 0 Å². The fourth-order valence-corrected chi connectivity index (χ4v) is 1.67. The predicted molar refractivity (Wildman–Crippen MR) is 66.2 cm³/mol. The molecular formula is C13H22N2O. The summed E-state index contributed by atoms with van der Waals surface area (Å²) in [5, 5.41) is 10.0. The lowest BCUT2D eigenvalue weighted by molar-refractivity contribution is 0.112. The molecular weight excluding hydrogens is 200 g/mol. The van der Waals surface area contributed by atoms with E-state index in [9.17, 15) is 5.11 Å². The van der Waals surface area contributed by atoms with Gasteiger partial charge in [0, 0.05) is 12.7 Å². The summed E-state index contributed by atoms with van der Waals surface area (Å²) >= 11 is 0. The molecule has 0 aliphatic carbocycles. The molecule has 0 spiro atoms. The summed E-state index contributed by atoms with van der Waals surface area (Å²) in [5.74, 6) is 0. The highest BCUT2D eigenvalue weighted by atomic mass is 16.3. The molecule has 0 radical (unpaired) electrons. The molecule has 16 heavy (non-hydrogen) atoms. The second-order valence-electron chi connectivity index (χ2n) is 4.02. The van der Waals surface area contributed by atoms with Crippen molar-refractivity contribution in [1.82, 2.24) is 9.88 Å². The summed E-state index contributed by atoms with van der Waals surface area (Å²) in [6, 6.07) is 5.65. The Morgan fingerprint density at radius 2 is 2.19 bits per heavy atom. The molecule has 0 saturated carbocycles. The third-order valence-corrected chi connectivity index (χ3v) is 2.74. The van der Waals surface area contributed by atoms with Crippen LogP contribution in [0.3, 0.4) is 0 Å². The van der Waals surface area contributed by atoms with E-state index in [4.69, 9.17) is 0 Å². The maximum Gasteiger partial charge on any atom is 0.109 e. The van der Waals surface area contributed by atoms with E-state index in [0.29, 0.717) is 6.54 Å². The number of hydrogen-bond donors (Lipinski definition) is 1. The van der Waals surface area contributed by atoms with Crippen LogP contribution in [-0.2, 0) is 0 Å². The maximum atomic E-state index is 10.0. The Labute approximate surface area is 98.1 Å². The van der Waals surface area contributed by atoms with Crippen LogP contribution < -0.4 is 0 Å². The highest BCUT2D eigenvalue weighted by Gasteiger charge is 2.12. The molecule has 1 N–H and O–H groups in total. The first-order chi connectivity index (χ1) is 7.77. The van der Waals surface area contributed by atoms with E-state index in [1.165, 1.54) is 12.8 Å². The molecule has 1 aromatic heterocycles. The van der Waals surface area contributed by atoms with Crippen LogP contribution in [-0.4, -0.2) is 34.6 Å². The van der Waals surface area contributed by atoms with E-state index in [1.807, 2.05) is 18.2 Å².